The minimum atomic E-state index is -0.954. The summed E-state index contributed by atoms with van der Waals surface area (Å²) in [4.78, 5) is 0. The van der Waals surface area contributed by atoms with Gasteiger partial charge >= 0.3 is 0 Å². The van der Waals surface area contributed by atoms with E-state index in [4.69, 9.17) is 0 Å². The van der Waals surface area contributed by atoms with Crippen LogP contribution in [0.15, 0.2) is 11.6 Å². The quantitative estimate of drug-likeness (QED) is 0.726. The molecule has 0 heterocycles. The molecule has 98 valence electrons. The molecule has 0 aromatic rings. The van der Waals surface area contributed by atoms with Crippen LogP contribution in [0.1, 0.15) is 46.5 Å². The topological polar surface area (TPSA) is 40.5 Å². The molecule has 1 unspecified atom stereocenters. The van der Waals surface area contributed by atoms with E-state index in [1.165, 1.54) is 12.8 Å². The summed E-state index contributed by atoms with van der Waals surface area (Å²) >= 11 is 0. The third-order valence-electron chi connectivity index (χ3n) is 5.04. The first-order chi connectivity index (χ1) is 7.95. The summed E-state index contributed by atoms with van der Waals surface area (Å²) in [5, 5.41) is 19.6. The summed E-state index contributed by atoms with van der Waals surface area (Å²) in [7, 11) is 0. The van der Waals surface area contributed by atoms with Gasteiger partial charge in [0.15, 0.2) is 0 Å². The highest BCUT2D eigenvalue weighted by atomic mass is 16.3. The molecular weight excluding hydrogens is 212 g/mol. The Morgan fingerprint density at radius 3 is 2.59 bits per heavy atom. The highest BCUT2D eigenvalue weighted by Crippen LogP contribution is 2.46. The van der Waals surface area contributed by atoms with Crippen LogP contribution in [0.5, 0.6) is 0 Å². The van der Waals surface area contributed by atoms with Crippen LogP contribution in [0, 0.1) is 23.7 Å². The molecule has 2 rings (SSSR count). The van der Waals surface area contributed by atoms with Crippen molar-refractivity contribution in [3.63, 3.8) is 0 Å². The number of fused-ring (bicyclic) bond motifs is 1. The van der Waals surface area contributed by atoms with Gasteiger partial charge in [0.25, 0.3) is 0 Å². The molecule has 0 bridgehead atoms. The maximum absolute atomic E-state index is 10.3. The van der Waals surface area contributed by atoms with Crippen molar-refractivity contribution in [1.29, 1.82) is 0 Å². The van der Waals surface area contributed by atoms with Gasteiger partial charge in [-0.25, -0.2) is 0 Å². The molecule has 0 aromatic carbocycles. The molecule has 1 fully saturated rings. The summed E-state index contributed by atoms with van der Waals surface area (Å²) in [6.07, 6.45) is 7.05. The molecule has 0 spiro atoms. The van der Waals surface area contributed by atoms with Crippen LogP contribution in [0.2, 0.25) is 0 Å². The molecule has 2 aliphatic rings. The smallest absolute Gasteiger partial charge is 0.0911 e. The van der Waals surface area contributed by atoms with Gasteiger partial charge in [0, 0.05) is 5.92 Å². The molecule has 2 heteroatoms. The standard InChI is InChI=1S/C15H26O2/c1-10-4-6-12(15(3,17)9-16)8-14-11(2)5-7-13(10)14/h8,10-13,16-17H,4-7,9H2,1-3H3/t10-,11+,12-,13+,15?/m1/s1. The summed E-state index contributed by atoms with van der Waals surface area (Å²) < 4.78 is 0. The van der Waals surface area contributed by atoms with Gasteiger partial charge in [-0.3, -0.25) is 0 Å². The van der Waals surface area contributed by atoms with Gasteiger partial charge in [-0.2, -0.15) is 0 Å². The largest absolute Gasteiger partial charge is 0.393 e. The first-order valence-corrected chi connectivity index (χ1v) is 7.00. The molecule has 2 aliphatic carbocycles. The molecule has 0 aromatic heterocycles. The average molecular weight is 238 g/mol. The zero-order valence-corrected chi connectivity index (χ0v) is 11.3. The van der Waals surface area contributed by atoms with Crippen molar-refractivity contribution in [3.8, 4) is 0 Å². The molecule has 0 radical (unpaired) electrons. The zero-order valence-electron chi connectivity index (χ0n) is 11.3. The molecular formula is C15H26O2. The van der Waals surface area contributed by atoms with Crippen LogP contribution in [0.3, 0.4) is 0 Å². The zero-order chi connectivity index (χ0) is 12.6. The second-order valence-electron chi connectivity index (χ2n) is 6.43. The van der Waals surface area contributed by atoms with Gasteiger partial charge in [0.2, 0.25) is 0 Å². The highest BCUT2D eigenvalue weighted by molar-refractivity contribution is 5.20. The van der Waals surface area contributed by atoms with Crippen LogP contribution in [0.4, 0.5) is 0 Å². The van der Waals surface area contributed by atoms with Crippen LogP contribution in [-0.2, 0) is 0 Å². The number of aliphatic hydroxyl groups is 2. The van der Waals surface area contributed by atoms with Crippen molar-refractivity contribution >= 4 is 0 Å². The second-order valence-corrected chi connectivity index (χ2v) is 6.43. The second kappa shape index (κ2) is 4.74. The molecule has 2 N–H and O–H groups in total. The van der Waals surface area contributed by atoms with Crippen LogP contribution in [-0.4, -0.2) is 22.4 Å². The summed E-state index contributed by atoms with van der Waals surface area (Å²) in [6, 6.07) is 0. The molecule has 0 aliphatic heterocycles. The van der Waals surface area contributed by atoms with E-state index in [-0.39, 0.29) is 12.5 Å². The van der Waals surface area contributed by atoms with Crippen molar-refractivity contribution in [1.82, 2.24) is 0 Å². The van der Waals surface area contributed by atoms with Gasteiger partial charge in [0.1, 0.15) is 0 Å². The van der Waals surface area contributed by atoms with Gasteiger partial charge in [-0.1, -0.05) is 25.5 Å². The van der Waals surface area contributed by atoms with E-state index >= 15 is 0 Å². The lowest BCUT2D eigenvalue weighted by Crippen LogP contribution is -2.37. The first-order valence-electron chi connectivity index (χ1n) is 7.00. The number of hydrogen-bond donors (Lipinski definition) is 2. The summed E-state index contributed by atoms with van der Waals surface area (Å²) in [5.74, 6) is 2.24. The van der Waals surface area contributed by atoms with E-state index in [2.05, 4.69) is 19.9 Å². The maximum atomic E-state index is 10.3. The number of aliphatic hydroxyl groups excluding tert-OH is 1. The van der Waals surface area contributed by atoms with Gasteiger partial charge in [-0.15, -0.1) is 0 Å². The molecule has 2 nitrogen and oxygen atoms in total. The van der Waals surface area contributed by atoms with Crippen molar-refractivity contribution < 1.29 is 10.2 Å². The minimum absolute atomic E-state index is 0.121. The predicted octanol–water partition coefficient (Wildman–Crippen LogP) is 2.75. The van der Waals surface area contributed by atoms with Gasteiger partial charge < -0.3 is 10.2 Å². The Kier molecular flexibility index (Phi) is 3.65. The molecule has 0 amide bonds. The minimum Gasteiger partial charge on any atom is -0.393 e. The lowest BCUT2D eigenvalue weighted by atomic mass is 9.84. The van der Waals surface area contributed by atoms with E-state index in [1.54, 1.807) is 12.5 Å². The van der Waals surface area contributed by atoms with E-state index < -0.39 is 5.60 Å². The summed E-state index contributed by atoms with van der Waals surface area (Å²) in [5.41, 5.74) is 0.595. The Hall–Kier alpha value is -0.340. The molecule has 1 saturated carbocycles. The Balaban J connectivity index is 2.27. The Bertz CT molecular complexity index is 306. The Morgan fingerprint density at radius 2 is 1.94 bits per heavy atom. The summed E-state index contributed by atoms with van der Waals surface area (Å²) in [6.45, 7) is 6.26. The molecule has 5 atom stereocenters. The van der Waals surface area contributed by atoms with Crippen molar-refractivity contribution in [2.45, 2.75) is 52.1 Å². The fourth-order valence-corrected chi connectivity index (χ4v) is 3.60. The fourth-order valence-electron chi connectivity index (χ4n) is 3.60. The number of allylic oxidation sites excluding steroid dienone is 1. The van der Waals surface area contributed by atoms with Gasteiger partial charge in [0.05, 0.1) is 12.2 Å². The lowest BCUT2D eigenvalue weighted by Gasteiger charge is -2.29. The Morgan fingerprint density at radius 1 is 1.24 bits per heavy atom. The first kappa shape index (κ1) is 13.1. The van der Waals surface area contributed by atoms with Crippen LogP contribution in [0.25, 0.3) is 0 Å². The number of rotatable bonds is 2. The predicted molar refractivity (Wildman–Crippen MR) is 69.6 cm³/mol. The Labute approximate surface area is 105 Å². The van der Waals surface area contributed by atoms with E-state index in [1.807, 2.05) is 0 Å². The lowest BCUT2D eigenvalue weighted by molar-refractivity contribution is -0.0348. The highest BCUT2D eigenvalue weighted by Gasteiger charge is 2.38. The van der Waals surface area contributed by atoms with Crippen LogP contribution >= 0.6 is 0 Å². The fraction of sp³-hybridized carbons (Fsp3) is 0.867. The van der Waals surface area contributed by atoms with E-state index in [0.29, 0.717) is 5.92 Å². The van der Waals surface area contributed by atoms with Crippen LogP contribution < -0.4 is 0 Å². The monoisotopic (exact) mass is 238 g/mol. The number of hydrogen-bond acceptors (Lipinski definition) is 2. The van der Waals surface area contributed by atoms with Crippen molar-refractivity contribution in [2.24, 2.45) is 23.7 Å². The SMILES string of the molecule is C[C@@H]1CC[C@@H](C(C)(O)CO)C=C2[C@H]1CC[C@@H]2C. The van der Waals surface area contributed by atoms with E-state index in [0.717, 1.165) is 24.7 Å². The molecule has 17 heavy (non-hydrogen) atoms. The maximum Gasteiger partial charge on any atom is 0.0911 e. The third kappa shape index (κ3) is 2.43. The normalized spacial score (nSPS) is 41.4. The average Bonchev–Trinajstić information content (AvgIpc) is 2.55. The van der Waals surface area contributed by atoms with Gasteiger partial charge in [-0.05, 0) is 50.4 Å². The van der Waals surface area contributed by atoms with Crippen molar-refractivity contribution in [3.05, 3.63) is 11.6 Å². The third-order valence-corrected chi connectivity index (χ3v) is 5.04. The molecule has 0 saturated heterocycles. The van der Waals surface area contributed by atoms with Crippen molar-refractivity contribution in [2.75, 3.05) is 6.61 Å². The van der Waals surface area contributed by atoms with E-state index in [9.17, 15) is 10.2 Å².